The molecule has 6 nitrogen and oxygen atoms in total. The molecular formula is C21H22ClN3O3. The number of hydrogen-bond donors (Lipinski definition) is 1. The molecule has 1 amide bonds. The van der Waals surface area contributed by atoms with Crippen LogP contribution in [0.4, 0.5) is 0 Å². The van der Waals surface area contributed by atoms with Crippen LogP contribution < -0.4 is 5.32 Å². The first-order valence-electron chi connectivity index (χ1n) is 9.49. The maximum Gasteiger partial charge on any atom is 0.273 e. The summed E-state index contributed by atoms with van der Waals surface area (Å²) in [6.07, 6.45) is 5.25. The number of carbonyl (C=O) groups excluding carboxylic acids is 1. The molecule has 4 rings (SSSR count). The third kappa shape index (κ3) is 4.29. The van der Waals surface area contributed by atoms with E-state index in [1.54, 1.807) is 24.5 Å². The quantitative estimate of drug-likeness (QED) is 0.658. The van der Waals surface area contributed by atoms with Gasteiger partial charge < -0.3 is 14.3 Å². The van der Waals surface area contributed by atoms with E-state index >= 15 is 0 Å². The summed E-state index contributed by atoms with van der Waals surface area (Å²) in [5, 5.41) is 7.53. The van der Waals surface area contributed by atoms with E-state index in [9.17, 15) is 4.79 Å². The van der Waals surface area contributed by atoms with Gasteiger partial charge in [0.2, 0.25) is 0 Å². The molecule has 2 aromatic heterocycles. The van der Waals surface area contributed by atoms with Gasteiger partial charge in [0.05, 0.1) is 12.3 Å². The van der Waals surface area contributed by atoms with Crippen LogP contribution in [0.25, 0.3) is 11.3 Å². The molecule has 1 atom stereocenters. The third-order valence-corrected chi connectivity index (χ3v) is 5.28. The highest BCUT2D eigenvalue weighted by molar-refractivity contribution is 6.30. The first kappa shape index (κ1) is 18.8. The largest absolute Gasteiger partial charge is 0.468 e. The van der Waals surface area contributed by atoms with Crippen molar-refractivity contribution in [3.8, 4) is 11.3 Å². The van der Waals surface area contributed by atoms with E-state index < -0.39 is 0 Å². The number of aromatic nitrogens is 1. The molecule has 0 radical (unpaired) electrons. The summed E-state index contributed by atoms with van der Waals surface area (Å²) in [6.45, 7) is 2.47. The monoisotopic (exact) mass is 399 g/mol. The topological polar surface area (TPSA) is 71.5 Å². The molecule has 1 N–H and O–H groups in total. The number of furan rings is 1. The molecule has 7 heteroatoms. The van der Waals surface area contributed by atoms with Gasteiger partial charge in [-0.25, -0.2) is 0 Å². The van der Waals surface area contributed by atoms with Gasteiger partial charge >= 0.3 is 0 Å². The molecule has 0 spiro atoms. The van der Waals surface area contributed by atoms with Gasteiger partial charge in [0, 0.05) is 23.2 Å². The molecular weight excluding hydrogens is 378 g/mol. The number of nitrogens with zero attached hydrogens (tertiary/aromatic N) is 2. The molecule has 1 aromatic carbocycles. The second-order valence-electron chi connectivity index (χ2n) is 6.92. The summed E-state index contributed by atoms with van der Waals surface area (Å²) in [5.74, 6) is 1.13. The van der Waals surface area contributed by atoms with Crippen LogP contribution in [-0.2, 0) is 0 Å². The zero-order valence-electron chi connectivity index (χ0n) is 15.4. The van der Waals surface area contributed by atoms with Crippen molar-refractivity contribution in [1.82, 2.24) is 15.4 Å². The summed E-state index contributed by atoms with van der Waals surface area (Å²) < 4.78 is 10.9. The van der Waals surface area contributed by atoms with Crippen molar-refractivity contribution in [2.24, 2.45) is 0 Å². The van der Waals surface area contributed by atoms with E-state index in [1.807, 2.05) is 24.3 Å². The number of nitrogens with one attached hydrogen (secondary N) is 1. The van der Waals surface area contributed by atoms with Crippen molar-refractivity contribution < 1.29 is 13.7 Å². The van der Waals surface area contributed by atoms with E-state index in [2.05, 4.69) is 15.4 Å². The first-order valence-corrected chi connectivity index (χ1v) is 9.87. The summed E-state index contributed by atoms with van der Waals surface area (Å²) in [6, 6.07) is 12.7. The van der Waals surface area contributed by atoms with Crippen molar-refractivity contribution in [2.45, 2.75) is 25.3 Å². The van der Waals surface area contributed by atoms with Gasteiger partial charge in [-0.05, 0) is 62.3 Å². The van der Waals surface area contributed by atoms with Gasteiger partial charge in [0.1, 0.15) is 5.76 Å². The molecule has 1 fully saturated rings. The van der Waals surface area contributed by atoms with Crippen LogP contribution in [0.15, 0.2) is 57.7 Å². The zero-order valence-corrected chi connectivity index (χ0v) is 16.2. The van der Waals surface area contributed by atoms with E-state index in [0.717, 1.165) is 24.4 Å². The van der Waals surface area contributed by atoms with Gasteiger partial charge in [-0.15, -0.1) is 0 Å². The second kappa shape index (κ2) is 8.63. The molecule has 28 heavy (non-hydrogen) atoms. The Morgan fingerprint density at radius 1 is 1.18 bits per heavy atom. The van der Waals surface area contributed by atoms with E-state index in [4.69, 9.17) is 20.5 Å². The average Bonchev–Trinajstić information content (AvgIpc) is 3.42. The van der Waals surface area contributed by atoms with Crippen molar-refractivity contribution in [2.75, 3.05) is 19.6 Å². The smallest absolute Gasteiger partial charge is 0.273 e. The van der Waals surface area contributed by atoms with E-state index in [-0.39, 0.29) is 17.6 Å². The van der Waals surface area contributed by atoms with Gasteiger partial charge in [0.15, 0.2) is 11.5 Å². The number of piperidine rings is 1. The minimum atomic E-state index is -0.266. The predicted octanol–water partition coefficient (Wildman–Crippen LogP) is 4.55. The fourth-order valence-electron chi connectivity index (χ4n) is 3.53. The lowest BCUT2D eigenvalue weighted by molar-refractivity contribution is 0.0905. The van der Waals surface area contributed by atoms with Crippen molar-refractivity contribution in [3.63, 3.8) is 0 Å². The number of benzene rings is 1. The maximum absolute atomic E-state index is 12.6. The number of halogens is 1. The second-order valence-corrected chi connectivity index (χ2v) is 7.36. The summed E-state index contributed by atoms with van der Waals surface area (Å²) in [7, 11) is 0. The number of rotatable bonds is 6. The van der Waals surface area contributed by atoms with E-state index in [1.165, 1.54) is 19.3 Å². The number of likely N-dealkylation sites (tertiary alicyclic amines) is 1. The summed E-state index contributed by atoms with van der Waals surface area (Å²) >= 11 is 5.91. The molecule has 0 saturated carbocycles. The normalized spacial score (nSPS) is 16.0. The van der Waals surface area contributed by atoms with Gasteiger partial charge in [-0.1, -0.05) is 23.2 Å². The fraction of sp³-hybridized carbons (Fsp3) is 0.333. The lowest BCUT2D eigenvalue weighted by Crippen LogP contribution is -2.40. The fourth-order valence-corrected chi connectivity index (χ4v) is 3.66. The predicted molar refractivity (Wildman–Crippen MR) is 106 cm³/mol. The standard InChI is InChI=1S/C21H22ClN3O3/c22-16-8-6-15(7-9-16)20-13-17(24-28-20)21(26)23-14-18(19-5-4-12-27-19)25-10-2-1-3-11-25/h4-9,12-13,18H,1-3,10-11,14H2,(H,23,26)/t18-/m0/s1. The van der Waals surface area contributed by atoms with Crippen LogP contribution in [0.1, 0.15) is 41.6 Å². The molecule has 1 saturated heterocycles. The Bertz CT molecular complexity index is 899. The van der Waals surface area contributed by atoms with Crippen molar-refractivity contribution in [3.05, 3.63) is 65.2 Å². The summed E-state index contributed by atoms with van der Waals surface area (Å²) in [4.78, 5) is 15.0. The minimum absolute atomic E-state index is 0.0156. The molecule has 3 aromatic rings. The van der Waals surface area contributed by atoms with Gasteiger partial charge in [-0.2, -0.15) is 0 Å². The highest BCUT2D eigenvalue weighted by Gasteiger charge is 2.25. The van der Waals surface area contributed by atoms with Crippen LogP contribution in [0, 0.1) is 0 Å². The van der Waals surface area contributed by atoms with E-state index in [0.29, 0.717) is 17.3 Å². The molecule has 0 aliphatic carbocycles. The molecule has 0 unspecified atom stereocenters. The highest BCUT2D eigenvalue weighted by atomic mass is 35.5. The molecule has 1 aliphatic heterocycles. The maximum atomic E-state index is 12.6. The first-order chi connectivity index (χ1) is 13.7. The number of amides is 1. The summed E-state index contributed by atoms with van der Waals surface area (Å²) in [5.41, 5.74) is 1.07. The Kier molecular flexibility index (Phi) is 5.78. The lowest BCUT2D eigenvalue weighted by atomic mass is 10.1. The van der Waals surface area contributed by atoms with Crippen molar-refractivity contribution >= 4 is 17.5 Å². The SMILES string of the molecule is O=C(NC[C@@H](c1ccco1)N1CCCCC1)c1cc(-c2ccc(Cl)cc2)on1. The Hall–Kier alpha value is -2.57. The Morgan fingerprint density at radius 3 is 2.68 bits per heavy atom. The Balaban J connectivity index is 1.43. The van der Waals surface area contributed by atoms with Crippen LogP contribution >= 0.6 is 11.6 Å². The zero-order chi connectivity index (χ0) is 19.3. The van der Waals surface area contributed by atoms with Crippen molar-refractivity contribution in [1.29, 1.82) is 0 Å². The third-order valence-electron chi connectivity index (χ3n) is 5.03. The average molecular weight is 400 g/mol. The minimum Gasteiger partial charge on any atom is -0.468 e. The van der Waals surface area contributed by atoms with Crippen LogP contribution in [-0.4, -0.2) is 35.6 Å². The number of carbonyl (C=O) groups is 1. The van der Waals surface area contributed by atoms with Crippen LogP contribution in [0.5, 0.6) is 0 Å². The molecule has 146 valence electrons. The molecule has 1 aliphatic rings. The Morgan fingerprint density at radius 2 is 1.96 bits per heavy atom. The Labute approximate surface area is 168 Å². The van der Waals surface area contributed by atoms with Gasteiger partial charge in [-0.3, -0.25) is 9.69 Å². The van der Waals surface area contributed by atoms with Gasteiger partial charge in [0.25, 0.3) is 5.91 Å². The molecule has 3 heterocycles. The molecule has 0 bridgehead atoms. The van der Waals surface area contributed by atoms with Crippen LogP contribution in [0.2, 0.25) is 5.02 Å². The highest BCUT2D eigenvalue weighted by Crippen LogP contribution is 2.25. The number of hydrogen-bond acceptors (Lipinski definition) is 5. The van der Waals surface area contributed by atoms with Crippen LogP contribution in [0.3, 0.4) is 0 Å². The lowest BCUT2D eigenvalue weighted by Gasteiger charge is -2.33.